The summed E-state index contributed by atoms with van der Waals surface area (Å²) in [6, 6.07) is 15.7. The van der Waals surface area contributed by atoms with Gasteiger partial charge in [0.1, 0.15) is 11.5 Å². The number of amides is 4. The fraction of sp³-hybridized carbons (Fsp3) is 0.257. The number of aromatic carboxylic acids is 2. The predicted octanol–water partition coefficient (Wildman–Crippen LogP) is 3.84. The van der Waals surface area contributed by atoms with E-state index in [2.05, 4.69) is 0 Å². The normalized spacial score (nSPS) is 26.4. The van der Waals surface area contributed by atoms with Gasteiger partial charge in [-0.2, -0.15) is 0 Å². The molecule has 2 aliphatic heterocycles. The lowest BCUT2D eigenvalue weighted by molar-refractivity contribution is -0.126. The van der Waals surface area contributed by atoms with Crippen molar-refractivity contribution in [3.63, 3.8) is 0 Å². The van der Waals surface area contributed by atoms with E-state index in [1.54, 1.807) is 12.1 Å². The third-order valence-electron chi connectivity index (χ3n) is 9.93. The molecule has 6 atom stereocenters. The topological polar surface area (TPSA) is 179 Å². The van der Waals surface area contributed by atoms with E-state index in [-0.39, 0.29) is 52.4 Å². The molecule has 0 bridgehead atoms. The van der Waals surface area contributed by atoms with Gasteiger partial charge in [0.25, 0.3) is 0 Å². The van der Waals surface area contributed by atoms with Crippen molar-refractivity contribution in [1.29, 1.82) is 0 Å². The molecule has 3 aromatic rings. The second-order valence-corrected chi connectivity index (χ2v) is 12.2. The molecule has 12 nitrogen and oxygen atoms in total. The first-order valence-corrected chi connectivity index (χ1v) is 15.0. The van der Waals surface area contributed by atoms with Crippen LogP contribution < -0.4 is 14.5 Å². The highest BCUT2D eigenvalue weighted by Gasteiger charge is 2.63. The van der Waals surface area contributed by atoms with Gasteiger partial charge >= 0.3 is 11.9 Å². The zero-order chi connectivity index (χ0) is 33.3. The molecule has 6 unspecified atom stereocenters. The molecule has 2 saturated heterocycles. The molecule has 12 heteroatoms. The lowest BCUT2D eigenvalue weighted by atomic mass is 9.57. The summed E-state index contributed by atoms with van der Waals surface area (Å²) in [4.78, 5) is 81.8. The average molecular weight is 637 g/mol. The molecule has 1 saturated carbocycles. The summed E-state index contributed by atoms with van der Waals surface area (Å²) in [5, 5.41) is 30.3. The summed E-state index contributed by atoms with van der Waals surface area (Å²) >= 11 is 0. The van der Waals surface area contributed by atoms with E-state index in [4.69, 9.17) is 4.74 Å². The standard InChI is InChI=1S/C35H28N2O10/c1-47-25-10-4-9-24(38)29(25)27-20-11-12-21-26(32(41)36(30(21)39)18-7-2-5-16(13-18)34(43)44)22(20)15-23-28(27)33(42)37(31(23)40)19-8-3-6-17(14-19)35(45)46/h2-11,13-14,21-23,26-28,38H,12,15H2,1H3,(H,43,44)(H,45,46). The Balaban J connectivity index is 1.35. The van der Waals surface area contributed by atoms with E-state index in [9.17, 15) is 44.1 Å². The number of allylic oxidation sites excluding steroid dienone is 2. The largest absolute Gasteiger partial charge is 0.508 e. The van der Waals surface area contributed by atoms with Crippen LogP contribution in [0.25, 0.3) is 0 Å². The number of nitrogens with zero attached hydrogens (tertiary/aromatic N) is 2. The second kappa shape index (κ2) is 10.9. The van der Waals surface area contributed by atoms with E-state index < -0.39 is 71.1 Å². The Bertz CT molecular complexity index is 1950. The molecular weight excluding hydrogens is 608 g/mol. The fourth-order valence-electron chi connectivity index (χ4n) is 8.00. The number of phenolic OH excluding ortho intramolecular Hbond substituents is 1. The molecule has 2 heterocycles. The molecule has 47 heavy (non-hydrogen) atoms. The van der Waals surface area contributed by atoms with E-state index in [0.717, 1.165) is 9.80 Å². The van der Waals surface area contributed by atoms with Gasteiger partial charge in [0, 0.05) is 11.5 Å². The Kier molecular flexibility index (Phi) is 6.96. The molecule has 0 aromatic heterocycles. The number of rotatable bonds is 6. The van der Waals surface area contributed by atoms with Crippen LogP contribution in [0.1, 0.15) is 45.0 Å². The highest BCUT2D eigenvalue weighted by atomic mass is 16.5. The van der Waals surface area contributed by atoms with Crippen LogP contribution in [0.15, 0.2) is 78.4 Å². The molecule has 2 aliphatic carbocycles. The maximum Gasteiger partial charge on any atom is 0.335 e. The number of carboxylic acid groups (broad SMARTS) is 2. The van der Waals surface area contributed by atoms with Crippen molar-refractivity contribution < 1.29 is 48.8 Å². The minimum absolute atomic E-state index is 0.0474. The highest BCUT2D eigenvalue weighted by molar-refractivity contribution is 6.24. The van der Waals surface area contributed by atoms with Crippen LogP contribution in [0.2, 0.25) is 0 Å². The second-order valence-electron chi connectivity index (χ2n) is 12.2. The van der Waals surface area contributed by atoms with Crippen LogP contribution in [0.5, 0.6) is 11.5 Å². The van der Waals surface area contributed by atoms with Crippen LogP contribution in [-0.4, -0.2) is 58.0 Å². The molecule has 0 spiro atoms. The third kappa shape index (κ3) is 4.43. The number of ether oxygens (including phenoxy) is 1. The van der Waals surface area contributed by atoms with Gasteiger partial charge in [-0.05, 0) is 67.3 Å². The first-order chi connectivity index (χ1) is 22.5. The Morgan fingerprint density at radius 2 is 1.28 bits per heavy atom. The van der Waals surface area contributed by atoms with Gasteiger partial charge in [0.05, 0.1) is 53.3 Å². The molecular formula is C35H28N2O10. The number of carbonyl (C=O) groups is 6. The smallest absolute Gasteiger partial charge is 0.335 e. The van der Waals surface area contributed by atoms with E-state index >= 15 is 0 Å². The summed E-state index contributed by atoms with van der Waals surface area (Å²) in [5.41, 5.74) is 0.898. The predicted molar refractivity (Wildman–Crippen MR) is 164 cm³/mol. The number of anilines is 2. The number of aromatic hydroxyl groups is 1. The molecule has 3 fully saturated rings. The van der Waals surface area contributed by atoms with Crippen molar-refractivity contribution >= 4 is 46.9 Å². The van der Waals surface area contributed by atoms with Crippen molar-refractivity contribution in [2.24, 2.45) is 29.6 Å². The van der Waals surface area contributed by atoms with Crippen molar-refractivity contribution in [2.45, 2.75) is 18.8 Å². The number of fused-ring (bicyclic) bond motifs is 4. The number of benzene rings is 3. The number of methoxy groups -OCH3 is 1. The first kappa shape index (κ1) is 29.9. The average Bonchev–Trinajstić information content (AvgIpc) is 3.47. The number of phenols is 1. The Labute approximate surface area is 267 Å². The lowest BCUT2D eigenvalue weighted by Crippen LogP contribution is -2.43. The zero-order valence-corrected chi connectivity index (χ0v) is 24.9. The molecule has 7 rings (SSSR count). The summed E-state index contributed by atoms with van der Waals surface area (Å²) in [5.74, 6) is -9.83. The van der Waals surface area contributed by atoms with E-state index in [1.165, 1.54) is 61.7 Å². The van der Waals surface area contributed by atoms with Crippen molar-refractivity contribution in [2.75, 3.05) is 16.9 Å². The maximum atomic E-state index is 14.3. The first-order valence-electron chi connectivity index (χ1n) is 15.0. The molecule has 4 aliphatic rings. The SMILES string of the molecule is COc1cccc(O)c1C1C2=CCC3C(=O)N(c4cccc(C(=O)O)c4)C(=O)C3C2CC2C(=O)N(c3cccc(C(=O)O)c3)C(=O)C21. The van der Waals surface area contributed by atoms with Crippen molar-refractivity contribution in [1.82, 2.24) is 0 Å². The fourth-order valence-corrected chi connectivity index (χ4v) is 8.00. The molecule has 0 radical (unpaired) electrons. The number of carbonyl (C=O) groups excluding carboxylic acids is 4. The highest BCUT2D eigenvalue weighted by Crippen LogP contribution is 2.60. The minimum Gasteiger partial charge on any atom is -0.508 e. The van der Waals surface area contributed by atoms with E-state index in [1.807, 2.05) is 6.08 Å². The number of hydrogen-bond acceptors (Lipinski definition) is 8. The number of imide groups is 2. The lowest BCUT2D eigenvalue weighted by Gasteiger charge is -2.44. The van der Waals surface area contributed by atoms with Gasteiger partial charge in [-0.3, -0.25) is 29.0 Å². The van der Waals surface area contributed by atoms with Crippen LogP contribution in [0, 0.1) is 29.6 Å². The van der Waals surface area contributed by atoms with Crippen LogP contribution in [0.3, 0.4) is 0 Å². The van der Waals surface area contributed by atoms with Crippen LogP contribution >= 0.6 is 0 Å². The zero-order valence-electron chi connectivity index (χ0n) is 24.9. The summed E-state index contributed by atoms with van der Waals surface area (Å²) in [6.45, 7) is 0. The summed E-state index contributed by atoms with van der Waals surface area (Å²) in [6.07, 6.45) is 2.00. The van der Waals surface area contributed by atoms with Crippen LogP contribution in [-0.2, 0) is 19.2 Å². The van der Waals surface area contributed by atoms with Gasteiger partial charge in [-0.25, -0.2) is 9.59 Å². The summed E-state index contributed by atoms with van der Waals surface area (Å²) < 4.78 is 5.61. The molecule has 4 amide bonds. The Morgan fingerprint density at radius 3 is 1.85 bits per heavy atom. The number of carboxylic acids is 2. The summed E-state index contributed by atoms with van der Waals surface area (Å²) in [7, 11) is 1.41. The third-order valence-corrected chi connectivity index (χ3v) is 9.93. The number of hydrogen-bond donors (Lipinski definition) is 3. The molecule has 238 valence electrons. The van der Waals surface area contributed by atoms with Gasteiger partial charge < -0.3 is 20.1 Å². The monoisotopic (exact) mass is 636 g/mol. The van der Waals surface area contributed by atoms with Crippen molar-refractivity contribution in [3.8, 4) is 11.5 Å². The Hall–Kier alpha value is -5.78. The Morgan fingerprint density at radius 1 is 0.723 bits per heavy atom. The van der Waals surface area contributed by atoms with E-state index in [0.29, 0.717) is 5.57 Å². The quantitative estimate of drug-likeness (QED) is 0.266. The van der Waals surface area contributed by atoms with Gasteiger partial charge in [-0.15, -0.1) is 0 Å². The van der Waals surface area contributed by atoms with Crippen molar-refractivity contribution in [3.05, 3.63) is 95.1 Å². The minimum atomic E-state index is -1.23. The van der Waals surface area contributed by atoms with Gasteiger partial charge in [-0.1, -0.05) is 29.8 Å². The van der Waals surface area contributed by atoms with Crippen LogP contribution in [0.4, 0.5) is 11.4 Å². The molecule has 3 N–H and O–H groups in total. The molecule has 3 aromatic carbocycles. The van der Waals surface area contributed by atoms with Gasteiger partial charge in [0.15, 0.2) is 0 Å². The van der Waals surface area contributed by atoms with Gasteiger partial charge in [0.2, 0.25) is 23.6 Å². The maximum absolute atomic E-state index is 14.3.